The number of carbonyl (C=O) groups is 2. The van der Waals surface area contributed by atoms with Crippen LogP contribution in [0.2, 0.25) is 0 Å². The minimum absolute atomic E-state index is 0.0769. The Labute approximate surface area is 123 Å². The standard InChI is InChI=1S/C15H20N2O2S/c1-8-5-9(2)13(10(3)6-8)17-14(18)12-7-20-15(19)11(4)16-12/h5-6,11-12,16H,7H2,1-4H3,(H,17,18). The predicted octanol–water partition coefficient (Wildman–Crippen LogP) is 2.17. The summed E-state index contributed by atoms with van der Waals surface area (Å²) >= 11 is 1.22. The zero-order chi connectivity index (χ0) is 14.9. The fourth-order valence-electron chi connectivity index (χ4n) is 2.45. The van der Waals surface area contributed by atoms with Gasteiger partial charge in [0.2, 0.25) is 11.0 Å². The molecule has 1 saturated heterocycles. The Balaban J connectivity index is 2.11. The molecule has 20 heavy (non-hydrogen) atoms. The highest BCUT2D eigenvalue weighted by molar-refractivity contribution is 8.13. The van der Waals surface area contributed by atoms with Crippen molar-refractivity contribution in [3.05, 3.63) is 28.8 Å². The first-order valence-electron chi connectivity index (χ1n) is 6.70. The number of aryl methyl sites for hydroxylation is 3. The summed E-state index contributed by atoms with van der Waals surface area (Å²) in [6.07, 6.45) is 0. The maximum absolute atomic E-state index is 12.3. The van der Waals surface area contributed by atoms with Gasteiger partial charge in [-0.05, 0) is 38.8 Å². The molecule has 4 nitrogen and oxygen atoms in total. The van der Waals surface area contributed by atoms with Crippen molar-refractivity contribution in [3.8, 4) is 0 Å². The van der Waals surface area contributed by atoms with Gasteiger partial charge in [-0.1, -0.05) is 29.5 Å². The Morgan fingerprint density at radius 1 is 1.30 bits per heavy atom. The molecule has 2 rings (SSSR count). The first-order valence-corrected chi connectivity index (χ1v) is 7.68. The summed E-state index contributed by atoms with van der Waals surface area (Å²) in [6, 6.07) is 3.51. The Kier molecular flexibility index (Phi) is 4.50. The van der Waals surface area contributed by atoms with Crippen LogP contribution in [0.3, 0.4) is 0 Å². The minimum Gasteiger partial charge on any atom is -0.324 e. The molecule has 1 aromatic rings. The Hall–Kier alpha value is -1.33. The summed E-state index contributed by atoms with van der Waals surface area (Å²) in [5.41, 5.74) is 4.17. The van der Waals surface area contributed by atoms with Crippen molar-refractivity contribution in [2.24, 2.45) is 0 Å². The highest BCUT2D eigenvalue weighted by Gasteiger charge is 2.30. The van der Waals surface area contributed by atoms with E-state index in [2.05, 4.69) is 22.8 Å². The third kappa shape index (κ3) is 3.22. The fraction of sp³-hybridized carbons (Fsp3) is 0.467. The Morgan fingerprint density at radius 2 is 1.90 bits per heavy atom. The van der Waals surface area contributed by atoms with Crippen LogP contribution in [-0.4, -0.2) is 28.9 Å². The second kappa shape index (κ2) is 5.97. The molecule has 108 valence electrons. The zero-order valence-corrected chi connectivity index (χ0v) is 13.1. The molecule has 0 saturated carbocycles. The zero-order valence-electron chi connectivity index (χ0n) is 12.2. The quantitative estimate of drug-likeness (QED) is 0.877. The molecule has 0 bridgehead atoms. The summed E-state index contributed by atoms with van der Waals surface area (Å²) in [4.78, 5) is 23.7. The molecule has 1 amide bonds. The number of amides is 1. The van der Waals surface area contributed by atoms with Gasteiger partial charge < -0.3 is 5.32 Å². The van der Waals surface area contributed by atoms with E-state index in [4.69, 9.17) is 0 Å². The largest absolute Gasteiger partial charge is 0.324 e. The highest BCUT2D eigenvalue weighted by Crippen LogP contribution is 2.23. The molecule has 0 spiro atoms. The van der Waals surface area contributed by atoms with Crippen molar-refractivity contribution in [1.29, 1.82) is 0 Å². The molecular weight excluding hydrogens is 272 g/mol. The summed E-state index contributed by atoms with van der Waals surface area (Å²) in [5.74, 6) is 0.408. The summed E-state index contributed by atoms with van der Waals surface area (Å²) < 4.78 is 0. The highest BCUT2D eigenvalue weighted by atomic mass is 32.2. The summed E-state index contributed by atoms with van der Waals surface area (Å²) in [6.45, 7) is 7.81. The molecule has 1 aliphatic rings. The molecule has 0 aliphatic carbocycles. The van der Waals surface area contributed by atoms with E-state index in [0.29, 0.717) is 5.75 Å². The number of hydrogen-bond donors (Lipinski definition) is 2. The molecule has 0 aromatic heterocycles. The average molecular weight is 292 g/mol. The van der Waals surface area contributed by atoms with Crippen LogP contribution in [-0.2, 0) is 9.59 Å². The number of carbonyl (C=O) groups excluding carboxylic acids is 2. The lowest BCUT2D eigenvalue weighted by Crippen LogP contribution is -2.52. The van der Waals surface area contributed by atoms with Crippen molar-refractivity contribution in [2.45, 2.75) is 39.8 Å². The van der Waals surface area contributed by atoms with E-state index in [1.807, 2.05) is 20.8 Å². The van der Waals surface area contributed by atoms with Gasteiger partial charge in [-0.2, -0.15) is 0 Å². The normalized spacial score (nSPS) is 22.7. The van der Waals surface area contributed by atoms with E-state index >= 15 is 0 Å². The van der Waals surface area contributed by atoms with Gasteiger partial charge in [0.05, 0.1) is 12.1 Å². The van der Waals surface area contributed by atoms with E-state index in [-0.39, 0.29) is 23.1 Å². The number of nitrogens with one attached hydrogen (secondary N) is 2. The lowest BCUT2D eigenvalue weighted by Gasteiger charge is -2.26. The fourth-order valence-corrected chi connectivity index (χ4v) is 3.34. The number of hydrogen-bond acceptors (Lipinski definition) is 4. The predicted molar refractivity (Wildman–Crippen MR) is 83.1 cm³/mol. The van der Waals surface area contributed by atoms with Gasteiger partial charge in [0.1, 0.15) is 0 Å². The second-order valence-electron chi connectivity index (χ2n) is 5.33. The van der Waals surface area contributed by atoms with Crippen LogP contribution in [0.1, 0.15) is 23.6 Å². The average Bonchev–Trinajstić information content (AvgIpc) is 2.36. The van der Waals surface area contributed by atoms with Gasteiger partial charge in [-0.25, -0.2) is 0 Å². The topological polar surface area (TPSA) is 58.2 Å². The lowest BCUT2D eigenvalue weighted by molar-refractivity contribution is -0.118. The van der Waals surface area contributed by atoms with Crippen molar-refractivity contribution in [1.82, 2.24) is 5.32 Å². The van der Waals surface area contributed by atoms with Crippen molar-refractivity contribution < 1.29 is 9.59 Å². The molecule has 0 radical (unpaired) electrons. The van der Waals surface area contributed by atoms with Gasteiger partial charge >= 0.3 is 0 Å². The minimum atomic E-state index is -0.326. The first-order chi connectivity index (χ1) is 9.38. The maximum atomic E-state index is 12.3. The van der Waals surface area contributed by atoms with E-state index in [1.54, 1.807) is 6.92 Å². The number of rotatable bonds is 2. The van der Waals surface area contributed by atoms with Crippen LogP contribution >= 0.6 is 11.8 Å². The Bertz CT molecular complexity index is 534. The third-order valence-corrected chi connectivity index (χ3v) is 4.58. The van der Waals surface area contributed by atoms with E-state index in [0.717, 1.165) is 16.8 Å². The van der Waals surface area contributed by atoms with Gasteiger partial charge in [-0.15, -0.1) is 0 Å². The summed E-state index contributed by atoms with van der Waals surface area (Å²) in [5, 5.41) is 6.13. The number of anilines is 1. The molecular formula is C15H20N2O2S. The van der Waals surface area contributed by atoms with Gasteiger partial charge in [-0.3, -0.25) is 14.9 Å². The second-order valence-corrected chi connectivity index (χ2v) is 6.36. The van der Waals surface area contributed by atoms with Gasteiger partial charge in [0.25, 0.3) is 0 Å². The van der Waals surface area contributed by atoms with Crippen molar-refractivity contribution in [2.75, 3.05) is 11.1 Å². The van der Waals surface area contributed by atoms with Crippen molar-refractivity contribution in [3.63, 3.8) is 0 Å². The molecule has 1 aliphatic heterocycles. The number of thioether (sulfide) groups is 1. The molecule has 2 unspecified atom stereocenters. The molecule has 2 N–H and O–H groups in total. The van der Waals surface area contributed by atoms with Crippen LogP contribution in [0.25, 0.3) is 0 Å². The number of benzene rings is 1. The van der Waals surface area contributed by atoms with Gasteiger partial charge in [0, 0.05) is 11.4 Å². The first kappa shape index (κ1) is 15.1. The molecule has 2 atom stereocenters. The lowest BCUT2D eigenvalue weighted by atomic mass is 10.0. The van der Waals surface area contributed by atoms with Gasteiger partial charge in [0.15, 0.2) is 0 Å². The summed E-state index contributed by atoms with van der Waals surface area (Å²) in [7, 11) is 0. The molecule has 1 heterocycles. The third-order valence-electron chi connectivity index (χ3n) is 3.44. The smallest absolute Gasteiger partial charge is 0.242 e. The maximum Gasteiger partial charge on any atom is 0.242 e. The van der Waals surface area contributed by atoms with E-state index in [1.165, 1.54) is 17.3 Å². The molecule has 1 aromatic carbocycles. The van der Waals surface area contributed by atoms with Crippen LogP contribution in [0.4, 0.5) is 5.69 Å². The monoisotopic (exact) mass is 292 g/mol. The molecule has 1 fully saturated rings. The van der Waals surface area contributed by atoms with Crippen molar-refractivity contribution >= 4 is 28.5 Å². The van der Waals surface area contributed by atoms with Crippen LogP contribution in [0, 0.1) is 20.8 Å². The SMILES string of the molecule is Cc1cc(C)c(NC(=O)C2CSC(=O)C(C)N2)c(C)c1. The van der Waals surface area contributed by atoms with Crippen LogP contribution in [0.15, 0.2) is 12.1 Å². The van der Waals surface area contributed by atoms with E-state index < -0.39 is 0 Å². The molecule has 5 heteroatoms. The van der Waals surface area contributed by atoms with Crippen LogP contribution in [0.5, 0.6) is 0 Å². The van der Waals surface area contributed by atoms with Crippen LogP contribution < -0.4 is 10.6 Å². The Morgan fingerprint density at radius 3 is 2.45 bits per heavy atom. The van der Waals surface area contributed by atoms with E-state index in [9.17, 15) is 9.59 Å².